The summed E-state index contributed by atoms with van der Waals surface area (Å²) in [5.41, 5.74) is 1.23. The maximum atomic E-state index is 5.48. The molecule has 1 N–H and O–H groups in total. The molecule has 2 fully saturated rings. The fraction of sp³-hybridized carbons (Fsp3) is 0.520. The molecule has 0 amide bonds. The third kappa shape index (κ3) is 4.44. The molecule has 8 nitrogen and oxygen atoms in total. The van der Waals surface area contributed by atoms with Crippen LogP contribution < -0.4 is 15.1 Å². The number of hydrogen-bond donors (Lipinski definition) is 1. The molecule has 0 atom stereocenters. The SMILES string of the molecule is COC1CCN(c2nccc(Nc3cc4c(C(C)C)cnc(N5CC(C)C5)c4cn3)n2)CC1. The molecular weight excluding hydrogens is 414 g/mol. The minimum Gasteiger partial charge on any atom is -0.381 e. The van der Waals surface area contributed by atoms with Crippen molar-refractivity contribution in [2.75, 3.05) is 48.4 Å². The van der Waals surface area contributed by atoms with Gasteiger partial charge < -0.3 is 19.9 Å². The van der Waals surface area contributed by atoms with Gasteiger partial charge in [0.05, 0.1) is 6.10 Å². The Morgan fingerprint density at radius 3 is 2.48 bits per heavy atom. The quantitative estimate of drug-likeness (QED) is 0.597. The Morgan fingerprint density at radius 1 is 1.00 bits per heavy atom. The minimum atomic E-state index is 0.332. The predicted molar refractivity (Wildman–Crippen MR) is 133 cm³/mol. The van der Waals surface area contributed by atoms with Gasteiger partial charge in [-0.15, -0.1) is 0 Å². The van der Waals surface area contributed by atoms with Crippen LogP contribution >= 0.6 is 0 Å². The molecule has 0 spiro atoms. The van der Waals surface area contributed by atoms with E-state index in [0.717, 1.165) is 67.8 Å². The van der Waals surface area contributed by atoms with Crippen LogP contribution in [0, 0.1) is 5.92 Å². The second kappa shape index (κ2) is 9.09. The van der Waals surface area contributed by atoms with E-state index in [2.05, 4.69) is 46.9 Å². The van der Waals surface area contributed by atoms with Crippen molar-refractivity contribution >= 4 is 34.2 Å². The second-order valence-electron chi connectivity index (χ2n) is 9.61. The van der Waals surface area contributed by atoms with Crippen molar-refractivity contribution < 1.29 is 4.74 Å². The standard InChI is InChI=1S/C25H33N7O/c1-16(2)20-12-28-24(32-14-17(3)15-32)21-13-27-23(11-19(20)21)29-22-5-8-26-25(30-22)31-9-6-18(33-4)7-10-31/h5,8,11-13,16-18H,6-7,9-10,14-15H2,1-4H3,(H,26,27,29,30). The van der Waals surface area contributed by atoms with Gasteiger partial charge in [-0.25, -0.2) is 15.0 Å². The van der Waals surface area contributed by atoms with E-state index in [1.165, 1.54) is 10.9 Å². The van der Waals surface area contributed by atoms with E-state index < -0.39 is 0 Å². The number of nitrogens with zero attached hydrogens (tertiary/aromatic N) is 6. The molecule has 0 bridgehead atoms. The highest BCUT2D eigenvalue weighted by molar-refractivity contribution is 5.96. The Morgan fingerprint density at radius 2 is 1.79 bits per heavy atom. The van der Waals surface area contributed by atoms with Crippen molar-refractivity contribution in [3.8, 4) is 0 Å². The summed E-state index contributed by atoms with van der Waals surface area (Å²) in [7, 11) is 1.78. The predicted octanol–water partition coefficient (Wildman–Crippen LogP) is 4.36. The minimum absolute atomic E-state index is 0.332. The molecule has 3 aromatic rings. The summed E-state index contributed by atoms with van der Waals surface area (Å²) in [5, 5.41) is 5.71. The van der Waals surface area contributed by atoms with Crippen molar-refractivity contribution in [2.24, 2.45) is 5.92 Å². The fourth-order valence-electron chi connectivity index (χ4n) is 4.79. The van der Waals surface area contributed by atoms with E-state index in [1.54, 1.807) is 13.3 Å². The van der Waals surface area contributed by atoms with Crippen LogP contribution in [0.1, 0.15) is 45.1 Å². The Hall–Kier alpha value is -3.00. The maximum Gasteiger partial charge on any atom is 0.227 e. The number of methoxy groups -OCH3 is 1. The van der Waals surface area contributed by atoms with Gasteiger partial charge in [0.1, 0.15) is 17.5 Å². The zero-order chi connectivity index (χ0) is 22.9. The number of ether oxygens (including phenoxy) is 1. The van der Waals surface area contributed by atoms with Crippen molar-refractivity contribution in [3.05, 3.63) is 36.3 Å². The normalized spacial score (nSPS) is 17.6. The van der Waals surface area contributed by atoms with Crippen LogP contribution in [0.15, 0.2) is 30.7 Å². The fourth-order valence-corrected chi connectivity index (χ4v) is 4.79. The summed E-state index contributed by atoms with van der Waals surface area (Å²) in [4.78, 5) is 23.3. The largest absolute Gasteiger partial charge is 0.381 e. The van der Waals surface area contributed by atoms with Crippen molar-refractivity contribution in [3.63, 3.8) is 0 Å². The zero-order valence-corrected chi connectivity index (χ0v) is 20.0. The van der Waals surface area contributed by atoms with Gasteiger partial charge in [-0.3, -0.25) is 0 Å². The highest BCUT2D eigenvalue weighted by Gasteiger charge is 2.26. The van der Waals surface area contributed by atoms with Crippen LogP contribution in [0.5, 0.6) is 0 Å². The molecule has 2 aliphatic rings. The van der Waals surface area contributed by atoms with Crippen LogP contribution in [-0.2, 0) is 4.74 Å². The lowest BCUT2D eigenvalue weighted by Gasteiger charge is -2.38. The first kappa shape index (κ1) is 21.8. The lowest BCUT2D eigenvalue weighted by molar-refractivity contribution is 0.0816. The summed E-state index contributed by atoms with van der Waals surface area (Å²) < 4.78 is 5.48. The number of anilines is 4. The first-order chi connectivity index (χ1) is 16.0. The number of pyridine rings is 2. The van der Waals surface area contributed by atoms with Gasteiger partial charge >= 0.3 is 0 Å². The molecule has 2 aliphatic heterocycles. The van der Waals surface area contributed by atoms with Crippen LogP contribution in [0.25, 0.3) is 10.8 Å². The van der Waals surface area contributed by atoms with Crippen LogP contribution in [0.2, 0.25) is 0 Å². The summed E-state index contributed by atoms with van der Waals surface area (Å²) in [6.45, 7) is 10.6. The van der Waals surface area contributed by atoms with Gasteiger partial charge in [-0.1, -0.05) is 20.8 Å². The van der Waals surface area contributed by atoms with Gasteiger partial charge in [-0.2, -0.15) is 4.98 Å². The van der Waals surface area contributed by atoms with E-state index in [4.69, 9.17) is 19.7 Å². The number of hydrogen-bond acceptors (Lipinski definition) is 8. The zero-order valence-electron chi connectivity index (χ0n) is 20.0. The average molecular weight is 448 g/mol. The second-order valence-corrected chi connectivity index (χ2v) is 9.61. The van der Waals surface area contributed by atoms with Crippen LogP contribution in [0.4, 0.5) is 23.4 Å². The number of rotatable bonds is 6. The molecule has 5 rings (SSSR count). The molecule has 0 saturated carbocycles. The van der Waals surface area contributed by atoms with Gasteiger partial charge in [0, 0.05) is 57.3 Å². The van der Waals surface area contributed by atoms with E-state index in [1.807, 2.05) is 18.5 Å². The Labute approximate surface area is 195 Å². The molecule has 0 radical (unpaired) electrons. The highest BCUT2D eigenvalue weighted by atomic mass is 16.5. The van der Waals surface area contributed by atoms with Crippen molar-refractivity contribution in [1.82, 2.24) is 19.9 Å². The lowest BCUT2D eigenvalue weighted by Crippen LogP contribution is -2.45. The molecule has 174 valence electrons. The lowest BCUT2D eigenvalue weighted by atomic mass is 9.97. The van der Waals surface area contributed by atoms with E-state index in [9.17, 15) is 0 Å². The molecule has 0 unspecified atom stereocenters. The Kier molecular flexibility index (Phi) is 6.01. The Balaban J connectivity index is 1.41. The van der Waals surface area contributed by atoms with Gasteiger partial charge in [0.25, 0.3) is 0 Å². The monoisotopic (exact) mass is 447 g/mol. The van der Waals surface area contributed by atoms with Crippen molar-refractivity contribution in [2.45, 2.75) is 45.6 Å². The first-order valence-electron chi connectivity index (χ1n) is 11.9. The number of nitrogens with one attached hydrogen (secondary N) is 1. The average Bonchev–Trinajstić information content (AvgIpc) is 2.81. The van der Waals surface area contributed by atoms with Gasteiger partial charge in [0.15, 0.2) is 0 Å². The van der Waals surface area contributed by atoms with Crippen LogP contribution in [0.3, 0.4) is 0 Å². The molecule has 3 aromatic heterocycles. The Bertz CT molecular complexity index is 1120. The third-order valence-electron chi connectivity index (χ3n) is 6.72. The molecule has 0 aromatic carbocycles. The summed E-state index contributed by atoms with van der Waals surface area (Å²) >= 11 is 0. The third-order valence-corrected chi connectivity index (χ3v) is 6.72. The van der Waals surface area contributed by atoms with E-state index >= 15 is 0 Å². The molecule has 0 aliphatic carbocycles. The van der Waals surface area contributed by atoms with Crippen molar-refractivity contribution in [1.29, 1.82) is 0 Å². The van der Waals surface area contributed by atoms with E-state index in [0.29, 0.717) is 17.9 Å². The topological polar surface area (TPSA) is 79.3 Å². The number of piperidine rings is 1. The van der Waals surface area contributed by atoms with Crippen LogP contribution in [-0.4, -0.2) is 59.3 Å². The molecule has 8 heteroatoms. The first-order valence-corrected chi connectivity index (χ1v) is 11.9. The number of fused-ring (bicyclic) bond motifs is 1. The molecular formula is C25H33N7O. The smallest absolute Gasteiger partial charge is 0.227 e. The highest BCUT2D eigenvalue weighted by Crippen LogP contribution is 2.35. The molecule has 33 heavy (non-hydrogen) atoms. The van der Waals surface area contributed by atoms with E-state index in [-0.39, 0.29) is 0 Å². The number of aromatic nitrogens is 4. The van der Waals surface area contributed by atoms with Gasteiger partial charge in [-0.05, 0) is 47.8 Å². The maximum absolute atomic E-state index is 5.48. The summed E-state index contributed by atoms with van der Waals surface area (Å²) in [6, 6.07) is 4.02. The molecule has 5 heterocycles. The summed E-state index contributed by atoms with van der Waals surface area (Å²) in [5.74, 6) is 4.40. The van der Waals surface area contributed by atoms with Gasteiger partial charge in [0.2, 0.25) is 5.95 Å². The summed E-state index contributed by atoms with van der Waals surface area (Å²) in [6.07, 6.45) is 8.11. The molecule has 2 saturated heterocycles.